The van der Waals surface area contributed by atoms with Crippen LogP contribution in [0.1, 0.15) is 22.5 Å². The molecule has 0 aliphatic heterocycles. The zero-order valence-electron chi connectivity index (χ0n) is 13.8. The SMILES string of the molecule is Fc1ccc(F)c(Cc2ccc3[nH]nc(/C=C/c4ccccn4)c3c2)c1. The van der Waals surface area contributed by atoms with Crippen molar-refractivity contribution in [2.24, 2.45) is 0 Å². The average Bonchev–Trinajstić information content (AvgIpc) is 3.06. The molecular weight excluding hydrogens is 332 g/mol. The topological polar surface area (TPSA) is 41.6 Å². The number of H-pyrrole nitrogens is 1. The number of pyridine rings is 1. The number of hydrogen-bond donors (Lipinski definition) is 1. The molecule has 0 bridgehead atoms. The molecule has 0 radical (unpaired) electrons. The Hall–Kier alpha value is -3.34. The number of hydrogen-bond acceptors (Lipinski definition) is 2. The Morgan fingerprint density at radius 1 is 0.962 bits per heavy atom. The van der Waals surface area contributed by atoms with Crippen molar-refractivity contribution in [3.05, 3.63) is 94.9 Å². The Labute approximate surface area is 149 Å². The van der Waals surface area contributed by atoms with Gasteiger partial charge in [-0.1, -0.05) is 12.1 Å². The second kappa shape index (κ2) is 6.88. The van der Waals surface area contributed by atoms with Crippen molar-refractivity contribution in [1.29, 1.82) is 0 Å². The lowest BCUT2D eigenvalue weighted by atomic mass is 10.0. The van der Waals surface area contributed by atoms with Crippen molar-refractivity contribution in [3.63, 3.8) is 0 Å². The molecule has 4 rings (SSSR count). The fourth-order valence-electron chi connectivity index (χ4n) is 2.86. The lowest BCUT2D eigenvalue weighted by Crippen LogP contribution is -1.94. The highest BCUT2D eigenvalue weighted by Crippen LogP contribution is 2.22. The van der Waals surface area contributed by atoms with Gasteiger partial charge in [-0.05, 0) is 65.7 Å². The number of aromatic nitrogens is 3. The number of halogens is 2. The minimum atomic E-state index is -0.440. The summed E-state index contributed by atoms with van der Waals surface area (Å²) in [5, 5.41) is 8.22. The largest absolute Gasteiger partial charge is 0.277 e. The summed E-state index contributed by atoms with van der Waals surface area (Å²) in [6, 6.07) is 14.9. The Morgan fingerprint density at radius 2 is 1.88 bits per heavy atom. The highest BCUT2D eigenvalue weighted by atomic mass is 19.1. The molecule has 26 heavy (non-hydrogen) atoms. The fraction of sp³-hybridized carbons (Fsp3) is 0.0476. The third-order valence-electron chi connectivity index (χ3n) is 4.16. The first-order valence-corrected chi connectivity index (χ1v) is 8.19. The van der Waals surface area contributed by atoms with Crippen LogP contribution in [0.5, 0.6) is 0 Å². The smallest absolute Gasteiger partial charge is 0.126 e. The van der Waals surface area contributed by atoms with Crippen molar-refractivity contribution in [1.82, 2.24) is 15.2 Å². The van der Waals surface area contributed by atoms with E-state index in [2.05, 4.69) is 15.2 Å². The predicted octanol–water partition coefficient (Wildman–Crippen LogP) is 5.00. The summed E-state index contributed by atoms with van der Waals surface area (Å²) in [5.41, 5.74) is 3.71. The van der Waals surface area contributed by atoms with Crippen molar-refractivity contribution in [2.45, 2.75) is 6.42 Å². The van der Waals surface area contributed by atoms with Crippen molar-refractivity contribution in [3.8, 4) is 0 Å². The van der Waals surface area contributed by atoms with Crippen LogP contribution >= 0.6 is 0 Å². The number of nitrogens with one attached hydrogen (secondary N) is 1. The Kier molecular flexibility index (Phi) is 4.27. The molecule has 0 fully saturated rings. The van der Waals surface area contributed by atoms with Crippen LogP contribution in [0.2, 0.25) is 0 Å². The van der Waals surface area contributed by atoms with E-state index in [0.29, 0.717) is 12.0 Å². The number of nitrogens with zero attached hydrogens (tertiary/aromatic N) is 2. The molecular formula is C21H15F2N3. The molecule has 4 aromatic rings. The molecule has 5 heteroatoms. The van der Waals surface area contributed by atoms with E-state index in [4.69, 9.17) is 0 Å². The van der Waals surface area contributed by atoms with Gasteiger partial charge in [-0.2, -0.15) is 5.10 Å². The number of rotatable bonds is 4. The molecule has 0 spiro atoms. The van der Waals surface area contributed by atoms with Crippen LogP contribution < -0.4 is 0 Å². The Morgan fingerprint density at radius 3 is 2.73 bits per heavy atom. The van der Waals surface area contributed by atoms with Crippen molar-refractivity contribution in [2.75, 3.05) is 0 Å². The molecule has 1 N–H and O–H groups in total. The summed E-state index contributed by atoms with van der Waals surface area (Å²) in [5.74, 6) is -0.848. The maximum Gasteiger partial charge on any atom is 0.126 e. The first kappa shape index (κ1) is 16.1. The molecule has 0 aliphatic carbocycles. The molecule has 128 valence electrons. The van der Waals surface area contributed by atoms with Gasteiger partial charge < -0.3 is 0 Å². The molecule has 2 heterocycles. The summed E-state index contributed by atoms with van der Waals surface area (Å²) in [7, 11) is 0. The van der Waals surface area contributed by atoms with E-state index in [1.165, 1.54) is 6.07 Å². The second-order valence-corrected chi connectivity index (χ2v) is 5.99. The van der Waals surface area contributed by atoms with Crippen LogP contribution in [-0.2, 0) is 6.42 Å². The van der Waals surface area contributed by atoms with Gasteiger partial charge in [0.25, 0.3) is 0 Å². The Balaban J connectivity index is 1.66. The summed E-state index contributed by atoms with van der Waals surface area (Å²) in [6.07, 6.45) is 5.81. The Bertz CT molecular complexity index is 1090. The third kappa shape index (κ3) is 3.37. The van der Waals surface area contributed by atoms with Gasteiger partial charge in [0.1, 0.15) is 11.6 Å². The molecule has 0 aliphatic rings. The van der Waals surface area contributed by atoms with Gasteiger partial charge in [0, 0.05) is 18.0 Å². The molecule has 0 saturated carbocycles. The van der Waals surface area contributed by atoms with Crippen LogP contribution in [0, 0.1) is 11.6 Å². The highest BCUT2D eigenvalue weighted by molar-refractivity contribution is 5.89. The summed E-state index contributed by atoms with van der Waals surface area (Å²) < 4.78 is 27.3. The first-order chi connectivity index (χ1) is 12.7. The minimum Gasteiger partial charge on any atom is -0.277 e. The minimum absolute atomic E-state index is 0.314. The van der Waals surface area contributed by atoms with E-state index in [0.717, 1.165) is 40.0 Å². The van der Waals surface area contributed by atoms with Gasteiger partial charge in [0.15, 0.2) is 0 Å². The van der Waals surface area contributed by atoms with E-state index in [1.54, 1.807) is 6.20 Å². The van der Waals surface area contributed by atoms with E-state index in [1.807, 2.05) is 48.6 Å². The highest BCUT2D eigenvalue weighted by Gasteiger charge is 2.08. The molecule has 0 saturated heterocycles. The third-order valence-corrected chi connectivity index (χ3v) is 4.16. The van der Waals surface area contributed by atoms with Gasteiger partial charge in [0.05, 0.1) is 16.9 Å². The maximum atomic E-state index is 13.9. The first-order valence-electron chi connectivity index (χ1n) is 8.19. The predicted molar refractivity (Wildman–Crippen MR) is 98.4 cm³/mol. The second-order valence-electron chi connectivity index (χ2n) is 5.99. The van der Waals surface area contributed by atoms with Crippen molar-refractivity contribution >= 4 is 23.1 Å². The maximum absolute atomic E-state index is 13.9. The molecule has 0 unspecified atom stereocenters. The summed E-state index contributed by atoms with van der Waals surface area (Å²) in [4.78, 5) is 4.25. The monoisotopic (exact) mass is 347 g/mol. The molecule has 2 aromatic heterocycles. The van der Waals surface area contributed by atoms with Gasteiger partial charge in [-0.25, -0.2) is 8.78 Å². The number of fused-ring (bicyclic) bond motifs is 1. The molecule has 3 nitrogen and oxygen atoms in total. The molecule has 0 atom stereocenters. The lowest BCUT2D eigenvalue weighted by Gasteiger charge is -2.04. The summed E-state index contributed by atoms with van der Waals surface area (Å²) in [6.45, 7) is 0. The zero-order valence-corrected chi connectivity index (χ0v) is 13.8. The van der Waals surface area contributed by atoms with Crippen LogP contribution in [0.3, 0.4) is 0 Å². The fourth-order valence-corrected chi connectivity index (χ4v) is 2.86. The van der Waals surface area contributed by atoms with Crippen LogP contribution in [0.15, 0.2) is 60.8 Å². The van der Waals surface area contributed by atoms with Crippen LogP contribution in [-0.4, -0.2) is 15.2 Å². The molecule has 0 amide bonds. The van der Waals surface area contributed by atoms with Gasteiger partial charge >= 0.3 is 0 Å². The van der Waals surface area contributed by atoms with Crippen molar-refractivity contribution < 1.29 is 8.78 Å². The van der Waals surface area contributed by atoms with Crippen LogP contribution in [0.4, 0.5) is 8.78 Å². The number of aromatic amines is 1. The van der Waals surface area contributed by atoms with Crippen LogP contribution in [0.25, 0.3) is 23.1 Å². The average molecular weight is 347 g/mol. The molecule has 2 aromatic carbocycles. The van der Waals surface area contributed by atoms with E-state index < -0.39 is 11.6 Å². The van der Waals surface area contributed by atoms with E-state index >= 15 is 0 Å². The lowest BCUT2D eigenvalue weighted by molar-refractivity contribution is 0.588. The van der Waals surface area contributed by atoms with Gasteiger partial charge in [-0.15, -0.1) is 0 Å². The van der Waals surface area contributed by atoms with Gasteiger partial charge in [-0.3, -0.25) is 10.1 Å². The quantitative estimate of drug-likeness (QED) is 0.565. The standard InChI is InChI=1S/C21H15F2N3/c22-16-5-7-19(23)15(13-16)11-14-4-8-20-18(12-14)21(26-25-20)9-6-17-3-1-2-10-24-17/h1-10,12-13H,11H2,(H,25,26)/b9-6+. The van der Waals surface area contributed by atoms with E-state index in [-0.39, 0.29) is 0 Å². The van der Waals surface area contributed by atoms with E-state index in [9.17, 15) is 8.78 Å². The summed E-state index contributed by atoms with van der Waals surface area (Å²) >= 11 is 0. The number of benzene rings is 2. The zero-order chi connectivity index (χ0) is 17.9. The van der Waals surface area contributed by atoms with Gasteiger partial charge in [0.2, 0.25) is 0 Å². The normalized spacial score (nSPS) is 11.5.